The molecule has 0 N–H and O–H groups in total. The molecule has 1 spiro atoms. The van der Waals surface area contributed by atoms with E-state index < -0.39 is 4.87 Å². The second-order valence-electron chi connectivity index (χ2n) is 7.86. The van der Waals surface area contributed by atoms with E-state index >= 15 is 0 Å². The SMILES string of the molecule is COc1cccc(CN2C(=O)[C@@]3(SCCN3C(=O)c3cccc(Cl)c3)c3cc(Cl)ccc32)c1. The van der Waals surface area contributed by atoms with E-state index in [0.717, 1.165) is 22.6 Å². The van der Waals surface area contributed by atoms with Crippen LogP contribution >= 0.6 is 35.0 Å². The number of halogens is 2. The zero-order valence-electron chi connectivity index (χ0n) is 17.8. The van der Waals surface area contributed by atoms with Crippen LogP contribution in [-0.2, 0) is 16.2 Å². The van der Waals surface area contributed by atoms with Gasteiger partial charge in [0, 0.05) is 33.5 Å². The average Bonchev–Trinajstić information content (AvgIpc) is 3.36. The first-order valence-corrected chi connectivity index (χ1v) is 12.1. The van der Waals surface area contributed by atoms with Crippen molar-refractivity contribution in [2.45, 2.75) is 11.4 Å². The third-order valence-corrected chi connectivity index (χ3v) is 7.84. The molecule has 5 rings (SSSR count). The van der Waals surface area contributed by atoms with Gasteiger partial charge in [-0.05, 0) is 54.1 Å². The lowest BCUT2D eigenvalue weighted by Gasteiger charge is -2.33. The van der Waals surface area contributed by atoms with Gasteiger partial charge in [-0.25, -0.2) is 0 Å². The predicted molar refractivity (Wildman–Crippen MR) is 132 cm³/mol. The van der Waals surface area contributed by atoms with Gasteiger partial charge in [0.05, 0.1) is 19.3 Å². The van der Waals surface area contributed by atoms with E-state index in [1.807, 2.05) is 30.3 Å². The molecular weight excluding hydrogens is 479 g/mol. The maximum Gasteiger partial charge on any atom is 0.268 e. The van der Waals surface area contributed by atoms with Crippen molar-refractivity contribution in [2.24, 2.45) is 0 Å². The van der Waals surface area contributed by atoms with Crippen molar-refractivity contribution in [3.63, 3.8) is 0 Å². The fourth-order valence-corrected chi connectivity index (χ4v) is 6.29. The molecule has 8 heteroatoms. The van der Waals surface area contributed by atoms with Crippen LogP contribution in [0.15, 0.2) is 66.7 Å². The van der Waals surface area contributed by atoms with Crippen LogP contribution in [-0.4, -0.2) is 36.1 Å². The Balaban J connectivity index is 1.59. The van der Waals surface area contributed by atoms with Crippen LogP contribution in [0.25, 0.3) is 0 Å². The maximum atomic E-state index is 14.1. The Kier molecular flexibility index (Phi) is 5.77. The molecule has 0 aliphatic carbocycles. The van der Waals surface area contributed by atoms with Crippen molar-refractivity contribution >= 4 is 52.5 Å². The highest BCUT2D eigenvalue weighted by Gasteiger charge is 2.59. The number of fused-ring (bicyclic) bond motifs is 2. The summed E-state index contributed by atoms with van der Waals surface area (Å²) in [5.41, 5.74) is 2.87. The van der Waals surface area contributed by atoms with Gasteiger partial charge in [-0.2, -0.15) is 0 Å². The minimum atomic E-state index is -1.17. The van der Waals surface area contributed by atoms with Crippen molar-refractivity contribution in [1.82, 2.24) is 4.90 Å². The molecule has 5 nitrogen and oxygen atoms in total. The van der Waals surface area contributed by atoms with Gasteiger partial charge in [-0.3, -0.25) is 9.59 Å². The monoisotopic (exact) mass is 498 g/mol. The van der Waals surface area contributed by atoms with Gasteiger partial charge in [0.15, 0.2) is 4.87 Å². The summed E-state index contributed by atoms with van der Waals surface area (Å²) >= 11 is 14.0. The number of hydrogen-bond donors (Lipinski definition) is 0. The quantitative estimate of drug-likeness (QED) is 0.470. The summed E-state index contributed by atoms with van der Waals surface area (Å²) in [6.07, 6.45) is 0. The predicted octanol–water partition coefficient (Wildman–Crippen LogP) is 5.59. The third kappa shape index (κ3) is 3.66. The summed E-state index contributed by atoms with van der Waals surface area (Å²) in [7, 11) is 1.61. The van der Waals surface area contributed by atoms with Crippen molar-refractivity contribution in [3.8, 4) is 5.75 Å². The average molecular weight is 499 g/mol. The number of amides is 2. The molecule has 2 aliphatic rings. The normalized spacial score (nSPS) is 19.3. The number of thioether (sulfide) groups is 1. The number of carbonyl (C=O) groups is 2. The highest BCUT2D eigenvalue weighted by molar-refractivity contribution is 8.01. The van der Waals surface area contributed by atoms with E-state index in [4.69, 9.17) is 27.9 Å². The minimum Gasteiger partial charge on any atom is -0.497 e. The van der Waals surface area contributed by atoms with E-state index in [2.05, 4.69) is 0 Å². The molecule has 3 aromatic carbocycles. The zero-order valence-corrected chi connectivity index (χ0v) is 20.1. The smallest absolute Gasteiger partial charge is 0.268 e. The Hall–Kier alpha value is -2.67. The molecule has 2 amide bonds. The summed E-state index contributed by atoms with van der Waals surface area (Å²) in [6.45, 7) is 0.798. The number of carbonyl (C=O) groups excluding carboxylic acids is 2. The Morgan fingerprint density at radius 1 is 1.06 bits per heavy atom. The van der Waals surface area contributed by atoms with Gasteiger partial charge in [-0.15, -0.1) is 11.8 Å². The van der Waals surface area contributed by atoms with Gasteiger partial charge < -0.3 is 14.5 Å². The molecule has 3 aromatic rings. The zero-order chi connectivity index (χ0) is 23.2. The first kappa shape index (κ1) is 22.1. The fraction of sp³-hybridized carbons (Fsp3) is 0.200. The standard InChI is InChI=1S/C25H20Cl2N2O3S/c1-32-20-7-2-4-16(12-20)15-28-22-9-8-19(27)14-21(22)25(24(28)31)29(10-11-33-25)23(30)17-5-3-6-18(26)13-17/h2-9,12-14H,10-11,15H2,1H3/t25-/m0/s1. The first-order valence-electron chi connectivity index (χ1n) is 10.4. The Morgan fingerprint density at radius 2 is 1.85 bits per heavy atom. The van der Waals surface area contributed by atoms with Crippen LogP contribution in [0.1, 0.15) is 21.5 Å². The van der Waals surface area contributed by atoms with Gasteiger partial charge in [0.2, 0.25) is 0 Å². The molecule has 0 radical (unpaired) electrons. The molecular formula is C25H20Cl2N2O3S. The maximum absolute atomic E-state index is 14.1. The molecule has 33 heavy (non-hydrogen) atoms. The summed E-state index contributed by atoms with van der Waals surface area (Å²) in [6, 6.07) is 19.9. The molecule has 2 heterocycles. The Morgan fingerprint density at radius 3 is 2.64 bits per heavy atom. The van der Waals surface area contributed by atoms with Crippen LogP contribution in [0.2, 0.25) is 10.0 Å². The van der Waals surface area contributed by atoms with E-state index in [1.165, 1.54) is 11.8 Å². The van der Waals surface area contributed by atoms with Crippen molar-refractivity contribution in [1.29, 1.82) is 0 Å². The van der Waals surface area contributed by atoms with Gasteiger partial charge in [-0.1, -0.05) is 41.4 Å². The third-order valence-electron chi connectivity index (χ3n) is 5.95. The van der Waals surface area contributed by atoms with Crippen molar-refractivity contribution in [2.75, 3.05) is 24.3 Å². The number of rotatable bonds is 4. The number of nitrogens with zero attached hydrogens (tertiary/aromatic N) is 2. The van der Waals surface area contributed by atoms with Gasteiger partial charge >= 0.3 is 0 Å². The molecule has 0 bridgehead atoms. The Labute approximate surface area is 206 Å². The molecule has 0 aromatic heterocycles. The fourth-order valence-electron chi connectivity index (χ4n) is 4.48. The van der Waals surface area contributed by atoms with E-state index in [-0.39, 0.29) is 11.8 Å². The van der Waals surface area contributed by atoms with Crippen molar-refractivity contribution in [3.05, 3.63) is 93.5 Å². The number of anilines is 1. The highest BCUT2D eigenvalue weighted by atomic mass is 35.5. The summed E-state index contributed by atoms with van der Waals surface area (Å²) in [5.74, 6) is 0.973. The molecule has 0 saturated carbocycles. The second-order valence-corrected chi connectivity index (χ2v) is 10.0. The van der Waals surface area contributed by atoms with Crippen LogP contribution in [0, 0.1) is 0 Å². The van der Waals surface area contributed by atoms with E-state index in [1.54, 1.807) is 53.3 Å². The molecule has 1 saturated heterocycles. The first-order chi connectivity index (χ1) is 15.9. The van der Waals surface area contributed by atoms with Gasteiger partial charge in [0.1, 0.15) is 5.75 Å². The number of hydrogen-bond acceptors (Lipinski definition) is 4. The lowest BCUT2D eigenvalue weighted by atomic mass is 10.0. The number of benzene rings is 3. The molecule has 168 valence electrons. The molecule has 1 atom stereocenters. The van der Waals surface area contributed by atoms with Gasteiger partial charge in [0.25, 0.3) is 11.8 Å². The summed E-state index contributed by atoms with van der Waals surface area (Å²) in [5, 5.41) is 0.995. The van der Waals surface area contributed by atoms with Crippen LogP contribution in [0.5, 0.6) is 5.75 Å². The van der Waals surface area contributed by atoms with Crippen LogP contribution in [0.3, 0.4) is 0 Å². The second kappa shape index (κ2) is 8.60. The summed E-state index contributed by atoms with van der Waals surface area (Å²) < 4.78 is 5.34. The van der Waals surface area contributed by atoms with E-state index in [9.17, 15) is 9.59 Å². The molecule has 0 unspecified atom stereocenters. The van der Waals surface area contributed by atoms with Crippen molar-refractivity contribution < 1.29 is 14.3 Å². The lowest BCUT2D eigenvalue weighted by Crippen LogP contribution is -2.50. The molecule has 1 fully saturated rings. The highest BCUT2D eigenvalue weighted by Crippen LogP contribution is 2.55. The topological polar surface area (TPSA) is 49.9 Å². The van der Waals surface area contributed by atoms with Crippen LogP contribution in [0.4, 0.5) is 5.69 Å². The molecule has 2 aliphatic heterocycles. The largest absolute Gasteiger partial charge is 0.497 e. The minimum absolute atomic E-state index is 0.152. The summed E-state index contributed by atoms with van der Waals surface area (Å²) in [4.78, 5) is 29.9. The van der Waals surface area contributed by atoms with Crippen LogP contribution < -0.4 is 9.64 Å². The number of ether oxygens (including phenoxy) is 1. The van der Waals surface area contributed by atoms with E-state index in [0.29, 0.717) is 34.5 Å². The lowest BCUT2D eigenvalue weighted by molar-refractivity contribution is -0.123. The number of methoxy groups -OCH3 is 1. The Bertz CT molecular complexity index is 1270.